The van der Waals surface area contributed by atoms with Crippen molar-refractivity contribution in [2.75, 3.05) is 0 Å². The molecule has 0 unspecified atom stereocenters. The lowest BCUT2D eigenvalue weighted by molar-refractivity contribution is 0.0320. The van der Waals surface area contributed by atoms with Crippen LogP contribution in [0.15, 0.2) is 83.3 Å². The molecule has 1 atom stereocenters. The van der Waals surface area contributed by atoms with E-state index in [2.05, 4.69) is 15.9 Å². The van der Waals surface area contributed by atoms with Gasteiger partial charge in [-0.3, -0.25) is 4.79 Å². The van der Waals surface area contributed by atoms with Crippen molar-refractivity contribution in [2.45, 2.75) is 20.0 Å². The minimum Gasteiger partial charge on any atom is -0.451 e. The molecule has 0 saturated heterocycles. The Hall–Kier alpha value is -3.31. The molecule has 4 rings (SSSR count). The van der Waals surface area contributed by atoms with Crippen molar-refractivity contribution in [1.29, 1.82) is 0 Å². The average Bonchev–Trinajstić information content (AvgIpc) is 2.79. The summed E-state index contributed by atoms with van der Waals surface area (Å²) in [4.78, 5) is 30.7. The van der Waals surface area contributed by atoms with E-state index >= 15 is 0 Å². The Morgan fingerprint density at radius 3 is 2.26 bits per heavy atom. The Morgan fingerprint density at radius 2 is 1.58 bits per heavy atom. The van der Waals surface area contributed by atoms with Crippen LogP contribution in [0.1, 0.15) is 33.2 Å². The molecule has 0 bridgehead atoms. The van der Waals surface area contributed by atoms with Crippen LogP contribution in [-0.4, -0.2) is 22.8 Å². The molecular weight excluding hydrogens is 454 g/mol. The molecular formula is C26H20BrNO3. The maximum absolute atomic E-state index is 13.2. The number of fused-ring (bicyclic) bond motifs is 1. The first-order valence-electron chi connectivity index (χ1n) is 9.90. The van der Waals surface area contributed by atoms with E-state index in [0.29, 0.717) is 22.2 Å². The van der Waals surface area contributed by atoms with E-state index in [1.165, 1.54) is 0 Å². The van der Waals surface area contributed by atoms with E-state index in [0.717, 1.165) is 21.1 Å². The van der Waals surface area contributed by atoms with Crippen molar-refractivity contribution < 1.29 is 14.3 Å². The van der Waals surface area contributed by atoms with Crippen LogP contribution in [-0.2, 0) is 4.74 Å². The van der Waals surface area contributed by atoms with Crippen LogP contribution in [0.3, 0.4) is 0 Å². The maximum Gasteiger partial charge on any atom is 0.339 e. The van der Waals surface area contributed by atoms with Crippen molar-refractivity contribution in [3.63, 3.8) is 0 Å². The molecule has 3 aromatic carbocycles. The zero-order valence-electron chi connectivity index (χ0n) is 17.1. The lowest BCUT2D eigenvalue weighted by atomic mass is 10.0. The largest absolute Gasteiger partial charge is 0.451 e. The molecule has 1 heterocycles. The fourth-order valence-electron chi connectivity index (χ4n) is 3.50. The number of benzene rings is 3. The van der Waals surface area contributed by atoms with Crippen LogP contribution in [0.4, 0.5) is 0 Å². The van der Waals surface area contributed by atoms with Gasteiger partial charge in [-0.15, -0.1) is 0 Å². The van der Waals surface area contributed by atoms with E-state index < -0.39 is 12.1 Å². The topological polar surface area (TPSA) is 56.3 Å². The second-order valence-electron chi connectivity index (χ2n) is 7.32. The Morgan fingerprint density at radius 1 is 0.935 bits per heavy atom. The summed E-state index contributed by atoms with van der Waals surface area (Å²) in [6.07, 6.45) is -0.911. The van der Waals surface area contributed by atoms with Crippen molar-refractivity contribution in [3.05, 3.63) is 100 Å². The van der Waals surface area contributed by atoms with Crippen LogP contribution in [0.5, 0.6) is 0 Å². The van der Waals surface area contributed by atoms with Gasteiger partial charge in [0.1, 0.15) is 0 Å². The number of nitrogens with zero attached hydrogens (tertiary/aromatic N) is 1. The third-order valence-corrected chi connectivity index (χ3v) is 5.53. The molecule has 4 nitrogen and oxygen atoms in total. The van der Waals surface area contributed by atoms with Crippen molar-refractivity contribution >= 4 is 38.6 Å². The van der Waals surface area contributed by atoms with Gasteiger partial charge in [0.2, 0.25) is 5.78 Å². The van der Waals surface area contributed by atoms with Gasteiger partial charge in [0, 0.05) is 21.0 Å². The van der Waals surface area contributed by atoms with Gasteiger partial charge >= 0.3 is 5.97 Å². The fraction of sp³-hybridized carbons (Fsp3) is 0.115. The average molecular weight is 474 g/mol. The standard InChI is InChI=1S/C26H20BrNO3/c1-16-13-20(27)14-21-22(15-23(28-24(16)21)18-9-5-3-6-10-18)26(30)31-17(2)25(29)19-11-7-4-8-12-19/h3-15,17H,1-2H3/t17-/m1/s1. The summed E-state index contributed by atoms with van der Waals surface area (Å²) in [7, 11) is 0. The van der Waals surface area contributed by atoms with Gasteiger partial charge in [0.05, 0.1) is 16.8 Å². The monoisotopic (exact) mass is 473 g/mol. The predicted molar refractivity (Wildman–Crippen MR) is 125 cm³/mol. The number of esters is 1. The summed E-state index contributed by atoms with van der Waals surface area (Å²) in [5, 5.41) is 0.677. The highest BCUT2D eigenvalue weighted by Gasteiger charge is 2.23. The first-order valence-corrected chi connectivity index (χ1v) is 10.7. The second-order valence-corrected chi connectivity index (χ2v) is 8.23. The molecule has 0 saturated carbocycles. The van der Waals surface area contributed by atoms with E-state index in [-0.39, 0.29) is 5.78 Å². The number of ketones is 1. The van der Waals surface area contributed by atoms with Crippen molar-refractivity contribution in [2.24, 2.45) is 0 Å². The van der Waals surface area contributed by atoms with Gasteiger partial charge in [-0.1, -0.05) is 76.6 Å². The molecule has 0 spiro atoms. The number of hydrogen-bond donors (Lipinski definition) is 0. The van der Waals surface area contributed by atoms with E-state index in [9.17, 15) is 9.59 Å². The number of halogens is 1. The van der Waals surface area contributed by atoms with Gasteiger partial charge in [-0.25, -0.2) is 9.78 Å². The number of rotatable bonds is 5. The van der Waals surface area contributed by atoms with E-state index in [4.69, 9.17) is 9.72 Å². The minimum atomic E-state index is -0.911. The predicted octanol–water partition coefficient (Wildman–Crippen LogP) is 6.40. The SMILES string of the molecule is Cc1cc(Br)cc2c(C(=O)O[C@H](C)C(=O)c3ccccc3)cc(-c3ccccc3)nc12. The minimum absolute atomic E-state index is 0.243. The molecule has 1 aromatic heterocycles. The Kier molecular flexibility index (Phi) is 5.96. The summed E-state index contributed by atoms with van der Waals surface area (Å²) < 4.78 is 6.44. The first kappa shape index (κ1) is 20.9. The maximum atomic E-state index is 13.2. The van der Waals surface area contributed by atoms with Crippen molar-refractivity contribution in [3.8, 4) is 11.3 Å². The number of pyridine rings is 1. The smallest absolute Gasteiger partial charge is 0.339 e. The third-order valence-electron chi connectivity index (χ3n) is 5.07. The summed E-state index contributed by atoms with van der Waals surface area (Å²) in [6, 6.07) is 24.0. The summed E-state index contributed by atoms with van der Waals surface area (Å²) in [6.45, 7) is 3.54. The number of ether oxygens (including phenoxy) is 1. The van der Waals surface area contributed by atoms with E-state index in [1.807, 2.05) is 55.5 Å². The van der Waals surface area contributed by atoms with Gasteiger partial charge in [0.25, 0.3) is 0 Å². The Labute approximate surface area is 189 Å². The highest BCUT2D eigenvalue weighted by molar-refractivity contribution is 9.10. The van der Waals surface area contributed by atoms with Crippen molar-refractivity contribution in [1.82, 2.24) is 4.98 Å². The van der Waals surface area contributed by atoms with Crippen LogP contribution in [0.25, 0.3) is 22.2 Å². The molecule has 0 fully saturated rings. The molecule has 0 aliphatic heterocycles. The normalized spacial score (nSPS) is 11.8. The number of hydrogen-bond acceptors (Lipinski definition) is 4. The lowest BCUT2D eigenvalue weighted by Gasteiger charge is -2.15. The zero-order valence-corrected chi connectivity index (χ0v) is 18.7. The Bertz CT molecular complexity index is 1270. The zero-order chi connectivity index (χ0) is 22.0. The summed E-state index contributed by atoms with van der Waals surface area (Å²) in [5.41, 5.74) is 4.11. The van der Waals surface area contributed by atoms with Crippen LogP contribution in [0.2, 0.25) is 0 Å². The molecule has 0 radical (unpaired) electrons. The summed E-state index contributed by atoms with van der Waals surface area (Å²) >= 11 is 3.50. The molecule has 5 heteroatoms. The molecule has 0 aliphatic carbocycles. The first-order chi connectivity index (χ1) is 14.9. The van der Waals surface area contributed by atoms with Crippen LogP contribution >= 0.6 is 15.9 Å². The third kappa shape index (κ3) is 4.42. The molecule has 0 aliphatic rings. The van der Waals surface area contributed by atoms with Gasteiger partial charge < -0.3 is 4.74 Å². The molecule has 31 heavy (non-hydrogen) atoms. The Balaban J connectivity index is 1.76. The molecule has 0 amide bonds. The number of aryl methyl sites for hydroxylation is 1. The lowest BCUT2D eigenvalue weighted by Crippen LogP contribution is -2.24. The van der Waals surface area contributed by atoms with Crippen LogP contribution in [0, 0.1) is 6.92 Å². The van der Waals surface area contributed by atoms with Crippen LogP contribution < -0.4 is 0 Å². The van der Waals surface area contributed by atoms with Gasteiger partial charge in [-0.05, 0) is 37.6 Å². The number of aromatic nitrogens is 1. The number of Topliss-reactive ketones (excluding diaryl/α,β-unsaturated/α-hetero) is 1. The number of carbonyl (C=O) groups excluding carboxylic acids is 2. The fourth-order valence-corrected chi connectivity index (χ4v) is 4.07. The molecule has 154 valence electrons. The quantitative estimate of drug-likeness (QED) is 0.248. The highest BCUT2D eigenvalue weighted by atomic mass is 79.9. The van der Waals surface area contributed by atoms with E-state index in [1.54, 1.807) is 37.3 Å². The molecule has 0 N–H and O–H groups in total. The molecule has 4 aromatic rings. The highest BCUT2D eigenvalue weighted by Crippen LogP contribution is 2.30. The van der Waals surface area contributed by atoms with Gasteiger partial charge in [-0.2, -0.15) is 0 Å². The second kappa shape index (κ2) is 8.82. The number of carbonyl (C=O) groups is 2. The summed E-state index contributed by atoms with van der Waals surface area (Å²) in [5.74, 6) is -0.799. The van der Waals surface area contributed by atoms with Gasteiger partial charge in [0.15, 0.2) is 6.10 Å².